The first-order valence-corrected chi connectivity index (χ1v) is 6.16. The second kappa shape index (κ2) is 4.92. The molecule has 1 unspecified atom stereocenters. The van der Waals surface area contributed by atoms with E-state index in [0.29, 0.717) is 6.04 Å². The number of thioether (sulfide) groups is 1. The maximum absolute atomic E-state index is 8.90. The van der Waals surface area contributed by atoms with Crippen molar-refractivity contribution >= 4 is 11.8 Å². The molecule has 1 N–H and O–H groups in total. The second-order valence-corrected chi connectivity index (χ2v) is 4.83. The number of hydrogen-bond acceptors (Lipinski definition) is 5. The summed E-state index contributed by atoms with van der Waals surface area (Å²) in [7, 11) is 2.10. The molecule has 0 amide bonds. The van der Waals surface area contributed by atoms with Crippen LogP contribution in [-0.2, 0) is 6.61 Å². The van der Waals surface area contributed by atoms with E-state index in [1.54, 1.807) is 12.4 Å². The summed E-state index contributed by atoms with van der Waals surface area (Å²) in [5.41, 5.74) is 0.768. The predicted molar refractivity (Wildman–Crippen MR) is 60.7 cm³/mol. The normalized spacial score (nSPS) is 22.9. The van der Waals surface area contributed by atoms with Crippen molar-refractivity contribution in [1.82, 2.24) is 14.9 Å². The lowest BCUT2D eigenvalue weighted by Crippen LogP contribution is -2.33. The van der Waals surface area contributed by atoms with E-state index in [9.17, 15) is 0 Å². The monoisotopic (exact) mass is 225 g/mol. The molecule has 0 saturated carbocycles. The molecule has 0 bridgehead atoms. The van der Waals surface area contributed by atoms with Crippen LogP contribution in [0.5, 0.6) is 0 Å². The molecule has 1 atom stereocenters. The van der Waals surface area contributed by atoms with Gasteiger partial charge in [-0.15, -0.1) is 0 Å². The lowest BCUT2D eigenvalue weighted by molar-refractivity contribution is 0.262. The van der Waals surface area contributed by atoms with Crippen LogP contribution < -0.4 is 0 Å². The Morgan fingerprint density at radius 3 is 2.87 bits per heavy atom. The Bertz CT molecular complexity index is 317. The van der Waals surface area contributed by atoms with Crippen LogP contribution in [-0.4, -0.2) is 45.1 Å². The molecule has 5 heteroatoms. The molecule has 1 aromatic rings. The topological polar surface area (TPSA) is 49.2 Å². The van der Waals surface area contributed by atoms with E-state index in [4.69, 9.17) is 5.11 Å². The summed E-state index contributed by atoms with van der Waals surface area (Å²) >= 11 is 1.94. The van der Waals surface area contributed by atoms with Crippen LogP contribution in [0.1, 0.15) is 17.4 Å². The zero-order valence-corrected chi connectivity index (χ0v) is 9.57. The predicted octanol–water partition coefficient (Wildman–Crippen LogP) is 0.689. The van der Waals surface area contributed by atoms with Gasteiger partial charge in [0, 0.05) is 36.0 Å². The molecule has 82 valence electrons. The summed E-state index contributed by atoms with van der Waals surface area (Å²) in [5.74, 6) is 3.10. The molecule has 2 rings (SSSR count). The minimum absolute atomic E-state index is 0.00946. The molecule has 1 saturated heterocycles. The first-order chi connectivity index (χ1) is 7.31. The zero-order chi connectivity index (χ0) is 10.7. The van der Waals surface area contributed by atoms with Crippen molar-refractivity contribution in [2.45, 2.75) is 12.6 Å². The SMILES string of the molecule is CN1CCSCC1c1ncc(CO)cn1. The van der Waals surface area contributed by atoms with Gasteiger partial charge in [-0.25, -0.2) is 9.97 Å². The van der Waals surface area contributed by atoms with Crippen LogP contribution in [0.3, 0.4) is 0 Å². The molecule has 1 aliphatic rings. The number of hydrogen-bond donors (Lipinski definition) is 1. The van der Waals surface area contributed by atoms with Crippen molar-refractivity contribution in [1.29, 1.82) is 0 Å². The maximum atomic E-state index is 8.90. The molecule has 4 nitrogen and oxygen atoms in total. The van der Waals surface area contributed by atoms with Crippen molar-refractivity contribution in [2.24, 2.45) is 0 Å². The molecular weight excluding hydrogens is 210 g/mol. The zero-order valence-electron chi connectivity index (χ0n) is 8.76. The van der Waals surface area contributed by atoms with E-state index in [0.717, 1.165) is 23.7 Å². The molecule has 2 heterocycles. The van der Waals surface area contributed by atoms with Crippen molar-refractivity contribution in [3.63, 3.8) is 0 Å². The Labute approximate surface area is 93.7 Å². The van der Waals surface area contributed by atoms with Gasteiger partial charge in [0.05, 0.1) is 12.6 Å². The standard InChI is InChI=1S/C10H15N3OS/c1-13-2-3-15-7-9(13)10-11-4-8(6-14)5-12-10/h4-5,9,14H,2-3,6-7H2,1H3. The third-order valence-electron chi connectivity index (χ3n) is 2.60. The first kappa shape index (κ1) is 10.9. The van der Waals surface area contributed by atoms with Crippen LogP contribution in [0.2, 0.25) is 0 Å². The average Bonchev–Trinajstić information content (AvgIpc) is 2.30. The van der Waals surface area contributed by atoms with Gasteiger partial charge >= 0.3 is 0 Å². The van der Waals surface area contributed by atoms with E-state index in [1.165, 1.54) is 5.75 Å². The minimum Gasteiger partial charge on any atom is -0.392 e. The van der Waals surface area contributed by atoms with Gasteiger partial charge in [0.15, 0.2) is 0 Å². The fourth-order valence-corrected chi connectivity index (χ4v) is 2.79. The van der Waals surface area contributed by atoms with E-state index in [-0.39, 0.29) is 6.61 Å². The Balaban J connectivity index is 2.13. The summed E-state index contributed by atoms with van der Waals surface area (Å²) in [6.45, 7) is 1.09. The molecule has 0 spiro atoms. The molecule has 1 aromatic heterocycles. The fraction of sp³-hybridized carbons (Fsp3) is 0.600. The molecular formula is C10H15N3OS. The molecule has 0 aliphatic carbocycles. The van der Waals surface area contributed by atoms with Crippen molar-refractivity contribution in [2.75, 3.05) is 25.1 Å². The van der Waals surface area contributed by atoms with Crippen LogP contribution in [0, 0.1) is 0 Å². The highest BCUT2D eigenvalue weighted by Gasteiger charge is 2.23. The number of aliphatic hydroxyl groups is 1. The first-order valence-electron chi connectivity index (χ1n) is 5.01. The van der Waals surface area contributed by atoms with Gasteiger partial charge in [-0.05, 0) is 7.05 Å². The van der Waals surface area contributed by atoms with Gasteiger partial charge in [-0.1, -0.05) is 0 Å². The van der Waals surface area contributed by atoms with E-state index >= 15 is 0 Å². The van der Waals surface area contributed by atoms with E-state index in [2.05, 4.69) is 21.9 Å². The van der Waals surface area contributed by atoms with Crippen molar-refractivity contribution in [3.8, 4) is 0 Å². The van der Waals surface area contributed by atoms with Gasteiger partial charge in [0.2, 0.25) is 0 Å². The number of rotatable bonds is 2. The van der Waals surface area contributed by atoms with Crippen LogP contribution >= 0.6 is 11.8 Å². The van der Waals surface area contributed by atoms with Gasteiger partial charge < -0.3 is 5.11 Å². The van der Waals surface area contributed by atoms with E-state index < -0.39 is 0 Å². The molecule has 0 aromatic carbocycles. The van der Waals surface area contributed by atoms with Crippen LogP contribution in [0.25, 0.3) is 0 Å². The Kier molecular flexibility index (Phi) is 3.56. The molecule has 1 aliphatic heterocycles. The quantitative estimate of drug-likeness (QED) is 0.802. The Morgan fingerprint density at radius 1 is 1.53 bits per heavy atom. The lowest BCUT2D eigenvalue weighted by atomic mass is 10.2. The van der Waals surface area contributed by atoms with Crippen LogP contribution in [0.15, 0.2) is 12.4 Å². The maximum Gasteiger partial charge on any atom is 0.146 e. The van der Waals surface area contributed by atoms with Gasteiger partial charge in [0.1, 0.15) is 5.82 Å². The van der Waals surface area contributed by atoms with Gasteiger partial charge in [-0.3, -0.25) is 4.90 Å². The minimum atomic E-state index is 0.00946. The molecule has 1 fully saturated rings. The number of nitrogens with zero attached hydrogens (tertiary/aromatic N) is 3. The summed E-state index contributed by atoms with van der Waals surface area (Å²) < 4.78 is 0. The molecule has 15 heavy (non-hydrogen) atoms. The summed E-state index contributed by atoms with van der Waals surface area (Å²) in [4.78, 5) is 10.9. The highest BCUT2D eigenvalue weighted by molar-refractivity contribution is 7.99. The average molecular weight is 225 g/mol. The summed E-state index contributed by atoms with van der Waals surface area (Å²) in [6, 6.07) is 0.316. The Morgan fingerprint density at radius 2 is 2.27 bits per heavy atom. The number of aromatic nitrogens is 2. The second-order valence-electron chi connectivity index (χ2n) is 3.68. The highest BCUT2D eigenvalue weighted by atomic mass is 32.2. The van der Waals surface area contributed by atoms with E-state index in [1.807, 2.05) is 11.8 Å². The number of aliphatic hydroxyl groups excluding tert-OH is 1. The lowest BCUT2D eigenvalue weighted by Gasteiger charge is -2.30. The van der Waals surface area contributed by atoms with Crippen molar-refractivity contribution < 1.29 is 5.11 Å². The molecule has 0 radical (unpaired) electrons. The van der Waals surface area contributed by atoms with Crippen molar-refractivity contribution in [3.05, 3.63) is 23.8 Å². The van der Waals surface area contributed by atoms with Gasteiger partial charge in [-0.2, -0.15) is 11.8 Å². The summed E-state index contributed by atoms with van der Waals surface area (Å²) in [6.07, 6.45) is 3.41. The smallest absolute Gasteiger partial charge is 0.146 e. The fourth-order valence-electron chi connectivity index (χ4n) is 1.58. The Hall–Kier alpha value is -0.650. The summed E-state index contributed by atoms with van der Waals surface area (Å²) in [5, 5.41) is 8.90. The third-order valence-corrected chi connectivity index (χ3v) is 3.62. The van der Waals surface area contributed by atoms with Gasteiger partial charge in [0.25, 0.3) is 0 Å². The van der Waals surface area contributed by atoms with Crippen LogP contribution in [0.4, 0.5) is 0 Å². The third kappa shape index (κ3) is 2.48. The largest absolute Gasteiger partial charge is 0.392 e. The highest BCUT2D eigenvalue weighted by Crippen LogP contribution is 2.25.